The molecule has 0 aromatic rings. The Labute approximate surface area is 65.7 Å². The average molecular weight is 160 g/mol. The molecule has 1 aliphatic carbocycles. The summed E-state index contributed by atoms with van der Waals surface area (Å²) in [5.74, 6) is -0.457. The lowest BCUT2D eigenvalue weighted by Gasteiger charge is -2.04. The van der Waals surface area contributed by atoms with Crippen molar-refractivity contribution in [1.82, 2.24) is 0 Å². The third-order valence-corrected chi connectivity index (χ3v) is 2.32. The Bertz CT molecular complexity index is 148. The highest BCUT2D eigenvalue weighted by Crippen LogP contribution is 2.33. The highest BCUT2D eigenvalue weighted by Gasteiger charge is 2.35. The van der Waals surface area contributed by atoms with Crippen LogP contribution in [0.1, 0.15) is 19.8 Å². The fourth-order valence-electron chi connectivity index (χ4n) is 1.56. The standard InChI is InChI=1S/C8H13FO2/c1-5-3-6(4-7(5)9)8(10)11-2/h5-7H,3-4H2,1-2H3/t5-,6?,7-/m1/s1. The molecular weight excluding hydrogens is 147 g/mol. The summed E-state index contributed by atoms with van der Waals surface area (Å²) < 4.78 is 17.4. The van der Waals surface area contributed by atoms with E-state index in [9.17, 15) is 9.18 Å². The number of halogens is 1. The van der Waals surface area contributed by atoms with Gasteiger partial charge >= 0.3 is 5.97 Å². The van der Waals surface area contributed by atoms with Crippen LogP contribution in [0.2, 0.25) is 0 Å². The Morgan fingerprint density at radius 1 is 1.55 bits per heavy atom. The first-order valence-electron chi connectivity index (χ1n) is 3.87. The summed E-state index contributed by atoms with van der Waals surface area (Å²) in [6, 6.07) is 0. The second kappa shape index (κ2) is 3.20. The summed E-state index contributed by atoms with van der Waals surface area (Å²) in [7, 11) is 1.35. The molecule has 0 aromatic carbocycles. The van der Waals surface area contributed by atoms with E-state index >= 15 is 0 Å². The Hall–Kier alpha value is -0.600. The van der Waals surface area contributed by atoms with Gasteiger partial charge in [-0.3, -0.25) is 4.79 Å². The number of carbonyl (C=O) groups excluding carboxylic acids is 1. The topological polar surface area (TPSA) is 26.3 Å². The molecule has 0 amide bonds. The van der Waals surface area contributed by atoms with Gasteiger partial charge in [0.05, 0.1) is 13.0 Å². The van der Waals surface area contributed by atoms with Crippen LogP contribution in [0.25, 0.3) is 0 Å². The van der Waals surface area contributed by atoms with Crippen molar-refractivity contribution in [2.75, 3.05) is 7.11 Å². The van der Waals surface area contributed by atoms with E-state index in [0.29, 0.717) is 12.8 Å². The lowest BCUT2D eigenvalue weighted by molar-refractivity contribution is -0.145. The minimum absolute atomic E-state index is 0.0131. The zero-order valence-electron chi connectivity index (χ0n) is 6.84. The van der Waals surface area contributed by atoms with E-state index < -0.39 is 6.17 Å². The maximum Gasteiger partial charge on any atom is 0.308 e. The lowest BCUT2D eigenvalue weighted by Crippen LogP contribution is -2.12. The number of hydrogen-bond acceptors (Lipinski definition) is 2. The summed E-state index contributed by atoms with van der Waals surface area (Å²) >= 11 is 0. The fraction of sp³-hybridized carbons (Fsp3) is 0.875. The molecule has 2 nitrogen and oxygen atoms in total. The largest absolute Gasteiger partial charge is 0.469 e. The zero-order chi connectivity index (χ0) is 8.43. The first-order chi connectivity index (χ1) is 5.15. The highest BCUT2D eigenvalue weighted by atomic mass is 19.1. The molecule has 11 heavy (non-hydrogen) atoms. The van der Waals surface area contributed by atoms with Gasteiger partial charge in [-0.05, 0) is 18.8 Å². The molecule has 1 saturated carbocycles. The molecule has 3 heteroatoms. The van der Waals surface area contributed by atoms with Gasteiger partial charge in [0.2, 0.25) is 0 Å². The maximum absolute atomic E-state index is 12.9. The molecule has 3 atom stereocenters. The third kappa shape index (κ3) is 1.70. The second-order valence-electron chi connectivity index (χ2n) is 3.18. The predicted molar refractivity (Wildman–Crippen MR) is 38.8 cm³/mol. The molecule has 1 aliphatic rings. The summed E-state index contributed by atoms with van der Waals surface area (Å²) in [5.41, 5.74) is 0. The second-order valence-corrected chi connectivity index (χ2v) is 3.18. The Morgan fingerprint density at radius 2 is 2.18 bits per heavy atom. The normalized spacial score (nSPS) is 37.2. The van der Waals surface area contributed by atoms with E-state index in [1.807, 2.05) is 6.92 Å². The van der Waals surface area contributed by atoms with E-state index in [2.05, 4.69) is 4.74 Å². The van der Waals surface area contributed by atoms with Crippen molar-refractivity contribution in [3.8, 4) is 0 Å². The Balaban J connectivity index is 2.46. The quantitative estimate of drug-likeness (QED) is 0.544. The summed E-state index contributed by atoms with van der Waals surface area (Å²) in [6.07, 6.45) is 0.154. The van der Waals surface area contributed by atoms with Crippen LogP contribution < -0.4 is 0 Å². The van der Waals surface area contributed by atoms with Crippen molar-refractivity contribution in [1.29, 1.82) is 0 Å². The van der Waals surface area contributed by atoms with E-state index in [-0.39, 0.29) is 17.8 Å². The van der Waals surface area contributed by atoms with Crippen LogP contribution in [0.15, 0.2) is 0 Å². The first-order valence-corrected chi connectivity index (χ1v) is 3.87. The third-order valence-electron chi connectivity index (χ3n) is 2.32. The molecule has 0 radical (unpaired) electrons. The molecule has 0 aromatic heterocycles. The molecule has 1 rings (SSSR count). The fourth-order valence-corrected chi connectivity index (χ4v) is 1.56. The van der Waals surface area contributed by atoms with Gasteiger partial charge in [0.25, 0.3) is 0 Å². The van der Waals surface area contributed by atoms with Crippen molar-refractivity contribution < 1.29 is 13.9 Å². The van der Waals surface area contributed by atoms with Crippen LogP contribution in [0.3, 0.4) is 0 Å². The molecular formula is C8H13FO2. The number of alkyl halides is 1. The first kappa shape index (κ1) is 8.50. The van der Waals surface area contributed by atoms with Crippen LogP contribution in [0, 0.1) is 11.8 Å². The van der Waals surface area contributed by atoms with Gasteiger partial charge in [0.15, 0.2) is 0 Å². The lowest BCUT2D eigenvalue weighted by atomic mass is 10.1. The SMILES string of the molecule is COC(=O)C1C[C@@H](C)[C@H](F)C1. The number of esters is 1. The molecule has 0 bridgehead atoms. The van der Waals surface area contributed by atoms with Gasteiger partial charge in [0.1, 0.15) is 6.17 Å². The van der Waals surface area contributed by atoms with E-state index in [4.69, 9.17) is 0 Å². The monoisotopic (exact) mass is 160 g/mol. The van der Waals surface area contributed by atoms with Gasteiger partial charge in [-0.1, -0.05) is 6.92 Å². The molecule has 0 spiro atoms. The number of ether oxygens (including phenoxy) is 1. The number of rotatable bonds is 1. The van der Waals surface area contributed by atoms with Crippen molar-refractivity contribution >= 4 is 5.97 Å². The smallest absolute Gasteiger partial charge is 0.308 e. The molecule has 1 unspecified atom stereocenters. The van der Waals surface area contributed by atoms with Crippen LogP contribution >= 0.6 is 0 Å². The summed E-state index contributed by atoms with van der Waals surface area (Å²) in [4.78, 5) is 10.9. The van der Waals surface area contributed by atoms with Crippen molar-refractivity contribution in [2.45, 2.75) is 25.9 Å². The molecule has 0 heterocycles. The predicted octanol–water partition coefficient (Wildman–Crippen LogP) is 1.54. The molecule has 0 aliphatic heterocycles. The summed E-state index contributed by atoms with van der Waals surface area (Å²) in [5, 5.41) is 0. The summed E-state index contributed by atoms with van der Waals surface area (Å²) in [6.45, 7) is 1.83. The van der Waals surface area contributed by atoms with Crippen LogP contribution in [-0.4, -0.2) is 19.3 Å². The number of methoxy groups -OCH3 is 1. The molecule has 0 saturated heterocycles. The zero-order valence-corrected chi connectivity index (χ0v) is 6.84. The van der Waals surface area contributed by atoms with E-state index in [1.54, 1.807) is 0 Å². The van der Waals surface area contributed by atoms with E-state index in [1.165, 1.54) is 7.11 Å². The van der Waals surface area contributed by atoms with Gasteiger partial charge in [-0.2, -0.15) is 0 Å². The molecule has 1 fully saturated rings. The van der Waals surface area contributed by atoms with Crippen molar-refractivity contribution in [2.24, 2.45) is 11.8 Å². The Morgan fingerprint density at radius 3 is 2.55 bits per heavy atom. The molecule has 64 valence electrons. The Kier molecular flexibility index (Phi) is 2.47. The minimum Gasteiger partial charge on any atom is -0.469 e. The van der Waals surface area contributed by atoms with Gasteiger partial charge in [0, 0.05) is 0 Å². The maximum atomic E-state index is 12.9. The van der Waals surface area contributed by atoms with Crippen LogP contribution in [-0.2, 0) is 9.53 Å². The van der Waals surface area contributed by atoms with E-state index in [0.717, 1.165) is 0 Å². The average Bonchev–Trinajstić information content (AvgIpc) is 2.31. The number of carbonyl (C=O) groups is 1. The highest BCUT2D eigenvalue weighted by molar-refractivity contribution is 5.72. The van der Waals surface area contributed by atoms with Gasteiger partial charge < -0.3 is 4.74 Å². The van der Waals surface area contributed by atoms with Crippen LogP contribution in [0.5, 0.6) is 0 Å². The van der Waals surface area contributed by atoms with Crippen LogP contribution in [0.4, 0.5) is 4.39 Å². The minimum atomic E-state index is -0.820. The molecule has 0 N–H and O–H groups in total. The van der Waals surface area contributed by atoms with Crippen molar-refractivity contribution in [3.63, 3.8) is 0 Å². The van der Waals surface area contributed by atoms with Gasteiger partial charge in [-0.15, -0.1) is 0 Å². The van der Waals surface area contributed by atoms with Crippen molar-refractivity contribution in [3.05, 3.63) is 0 Å². The number of hydrogen-bond donors (Lipinski definition) is 0. The van der Waals surface area contributed by atoms with Gasteiger partial charge in [-0.25, -0.2) is 4.39 Å².